The van der Waals surface area contributed by atoms with Crippen LogP contribution in [0.1, 0.15) is 58.9 Å². The van der Waals surface area contributed by atoms with Crippen molar-refractivity contribution < 1.29 is 23.9 Å². The zero-order valence-corrected chi connectivity index (χ0v) is 20.4. The number of carbonyl (C=O) groups excluding carboxylic acids is 3. The summed E-state index contributed by atoms with van der Waals surface area (Å²) in [4.78, 5) is 39.9. The fourth-order valence-corrected chi connectivity index (χ4v) is 4.39. The molecule has 0 radical (unpaired) electrons. The van der Waals surface area contributed by atoms with Gasteiger partial charge in [-0.3, -0.25) is 4.79 Å². The quantitative estimate of drug-likeness (QED) is 0.414. The Morgan fingerprint density at radius 2 is 1.94 bits per heavy atom. The summed E-state index contributed by atoms with van der Waals surface area (Å²) in [7, 11) is 0. The van der Waals surface area contributed by atoms with E-state index >= 15 is 0 Å². The van der Waals surface area contributed by atoms with Crippen LogP contribution in [0.4, 0.5) is 4.79 Å². The molecule has 0 saturated carbocycles. The summed E-state index contributed by atoms with van der Waals surface area (Å²) in [6.07, 6.45) is 2.40. The lowest BCUT2D eigenvalue weighted by molar-refractivity contribution is -0.153. The smallest absolute Gasteiger partial charge is 0.408 e. The van der Waals surface area contributed by atoms with Crippen LogP contribution >= 0.6 is 11.8 Å². The third-order valence-electron chi connectivity index (χ3n) is 4.94. The Morgan fingerprint density at radius 3 is 2.59 bits per heavy atom. The number of rotatable bonds is 10. The second kappa shape index (κ2) is 12.7. The second-order valence-corrected chi connectivity index (χ2v) is 9.94. The van der Waals surface area contributed by atoms with Gasteiger partial charge in [0, 0.05) is 18.1 Å². The maximum atomic E-state index is 13.4. The van der Waals surface area contributed by atoms with Crippen molar-refractivity contribution in [2.75, 3.05) is 18.9 Å². The van der Waals surface area contributed by atoms with Gasteiger partial charge >= 0.3 is 12.1 Å². The molecule has 0 aromatic heterocycles. The van der Waals surface area contributed by atoms with Gasteiger partial charge in [-0.1, -0.05) is 43.7 Å². The summed E-state index contributed by atoms with van der Waals surface area (Å²) < 4.78 is 10.7. The lowest BCUT2D eigenvalue weighted by Crippen LogP contribution is -2.53. The molecule has 1 N–H and O–H groups in total. The van der Waals surface area contributed by atoms with E-state index in [-0.39, 0.29) is 11.9 Å². The van der Waals surface area contributed by atoms with Crippen LogP contribution in [-0.4, -0.2) is 59.5 Å². The van der Waals surface area contributed by atoms with Gasteiger partial charge < -0.3 is 19.7 Å². The molecule has 2 atom stereocenters. The number of nitrogens with one attached hydrogen (secondary N) is 1. The molecule has 1 aliphatic heterocycles. The number of nitrogens with zero attached hydrogens (tertiary/aromatic N) is 1. The minimum absolute atomic E-state index is 0.272. The first-order valence-corrected chi connectivity index (χ1v) is 12.4. The molecule has 178 valence electrons. The number of unbranched alkanes of at least 4 members (excludes halogenated alkanes) is 1. The maximum absolute atomic E-state index is 13.4. The summed E-state index contributed by atoms with van der Waals surface area (Å²) in [5, 5.41) is 2.72. The number of esters is 1. The fraction of sp³-hybridized carbons (Fsp3) is 0.625. The fourth-order valence-electron chi connectivity index (χ4n) is 3.38. The Morgan fingerprint density at radius 1 is 1.22 bits per heavy atom. The summed E-state index contributed by atoms with van der Waals surface area (Å²) >= 11 is 1.55. The normalized spacial score (nSPS) is 17.0. The Hall–Kier alpha value is -2.22. The predicted octanol–water partition coefficient (Wildman–Crippen LogP) is 4.15. The molecule has 1 heterocycles. The molecule has 1 aromatic rings. The monoisotopic (exact) mass is 464 g/mol. The number of hydrogen-bond acceptors (Lipinski definition) is 6. The van der Waals surface area contributed by atoms with E-state index in [1.165, 1.54) is 0 Å². The second-order valence-electron chi connectivity index (χ2n) is 8.91. The van der Waals surface area contributed by atoms with Crippen LogP contribution in [0, 0.1) is 0 Å². The van der Waals surface area contributed by atoms with Gasteiger partial charge in [0.15, 0.2) is 0 Å². The molecule has 1 fully saturated rings. The lowest BCUT2D eigenvalue weighted by atomic mass is 10.2. The Balaban J connectivity index is 2.05. The van der Waals surface area contributed by atoms with Gasteiger partial charge in [-0.15, -0.1) is 0 Å². The summed E-state index contributed by atoms with van der Waals surface area (Å²) in [5.74, 6) is 0.452. The zero-order valence-electron chi connectivity index (χ0n) is 19.6. The number of likely N-dealkylation sites (tertiary alicyclic amines) is 1. The van der Waals surface area contributed by atoms with Crippen molar-refractivity contribution in [1.29, 1.82) is 0 Å². The average Bonchev–Trinajstić information content (AvgIpc) is 3.22. The zero-order chi connectivity index (χ0) is 23.6. The molecule has 0 aliphatic carbocycles. The van der Waals surface area contributed by atoms with Crippen molar-refractivity contribution in [2.24, 2.45) is 0 Å². The summed E-state index contributed by atoms with van der Waals surface area (Å²) in [6, 6.07) is 8.55. The van der Waals surface area contributed by atoms with Gasteiger partial charge in [-0.25, -0.2) is 9.59 Å². The van der Waals surface area contributed by atoms with Crippen LogP contribution in [0.25, 0.3) is 0 Å². The number of thioether (sulfide) groups is 1. The standard InChI is InChI=1S/C24H36N2O5S/c1-5-6-15-30-22(28)20-13-10-14-26(20)21(27)19(25-23(29)31-24(2,3)4)17-32-16-18-11-8-7-9-12-18/h7-9,11-12,19-20H,5-6,10,13-17H2,1-4H3,(H,25,29)/t19-,20-/m0/s1. The van der Waals surface area contributed by atoms with Crippen molar-refractivity contribution in [1.82, 2.24) is 10.2 Å². The number of carbonyl (C=O) groups is 3. The maximum Gasteiger partial charge on any atom is 0.408 e. The van der Waals surface area contributed by atoms with Crippen molar-refractivity contribution in [3.05, 3.63) is 35.9 Å². The third-order valence-corrected chi connectivity index (χ3v) is 6.04. The summed E-state index contributed by atoms with van der Waals surface area (Å²) in [6.45, 7) is 8.19. The van der Waals surface area contributed by atoms with Gasteiger partial charge in [0.05, 0.1) is 6.61 Å². The van der Waals surface area contributed by atoms with Crippen molar-refractivity contribution in [3.8, 4) is 0 Å². The molecule has 2 amide bonds. The van der Waals surface area contributed by atoms with Crippen LogP contribution in [0.5, 0.6) is 0 Å². The molecule has 1 saturated heterocycles. The Labute approximate surface area is 195 Å². The molecule has 1 aliphatic rings. The number of amides is 2. The molecule has 1 aromatic carbocycles. The largest absolute Gasteiger partial charge is 0.464 e. The van der Waals surface area contributed by atoms with Crippen LogP contribution in [0.2, 0.25) is 0 Å². The van der Waals surface area contributed by atoms with E-state index in [9.17, 15) is 14.4 Å². The predicted molar refractivity (Wildman–Crippen MR) is 126 cm³/mol. The lowest BCUT2D eigenvalue weighted by Gasteiger charge is -2.29. The van der Waals surface area contributed by atoms with Gasteiger partial charge in [-0.05, 0) is 45.6 Å². The Kier molecular flexibility index (Phi) is 10.4. The number of hydrogen-bond donors (Lipinski definition) is 1. The van der Waals surface area contributed by atoms with Crippen LogP contribution in [0.3, 0.4) is 0 Å². The highest BCUT2D eigenvalue weighted by Gasteiger charge is 2.39. The molecule has 7 nitrogen and oxygen atoms in total. The molecule has 8 heteroatoms. The van der Waals surface area contributed by atoms with Crippen LogP contribution < -0.4 is 5.32 Å². The van der Waals surface area contributed by atoms with E-state index in [1.807, 2.05) is 37.3 Å². The highest BCUT2D eigenvalue weighted by molar-refractivity contribution is 7.98. The first-order valence-electron chi connectivity index (χ1n) is 11.3. The van der Waals surface area contributed by atoms with Crippen LogP contribution in [0.15, 0.2) is 30.3 Å². The highest BCUT2D eigenvalue weighted by atomic mass is 32.2. The summed E-state index contributed by atoms with van der Waals surface area (Å²) in [5.41, 5.74) is 0.466. The molecule has 32 heavy (non-hydrogen) atoms. The molecule has 2 rings (SSSR count). The SMILES string of the molecule is CCCCOC(=O)[C@@H]1CCCN1C(=O)[C@H](CSCc1ccccc1)NC(=O)OC(C)(C)C. The van der Waals surface area contributed by atoms with Crippen LogP contribution in [-0.2, 0) is 24.8 Å². The van der Waals surface area contributed by atoms with E-state index in [4.69, 9.17) is 9.47 Å². The topological polar surface area (TPSA) is 84.9 Å². The van der Waals surface area contributed by atoms with Crippen molar-refractivity contribution in [3.63, 3.8) is 0 Å². The van der Waals surface area contributed by atoms with Gasteiger partial charge in [0.1, 0.15) is 17.7 Å². The average molecular weight is 465 g/mol. The van der Waals surface area contributed by atoms with Gasteiger partial charge in [-0.2, -0.15) is 11.8 Å². The van der Waals surface area contributed by atoms with E-state index in [0.29, 0.717) is 31.1 Å². The van der Waals surface area contributed by atoms with E-state index in [2.05, 4.69) is 5.32 Å². The first-order chi connectivity index (χ1) is 15.2. The molecular weight excluding hydrogens is 428 g/mol. The number of benzene rings is 1. The van der Waals surface area contributed by atoms with Gasteiger partial charge in [0.2, 0.25) is 5.91 Å². The third kappa shape index (κ3) is 8.73. The first kappa shape index (κ1) is 26.0. The van der Waals surface area contributed by atoms with Crippen molar-refractivity contribution >= 4 is 29.7 Å². The number of ether oxygens (including phenoxy) is 2. The van der Waals surface area contributed by atoms with E-state index in [0.717, 1.165) is 24.8 Å². The molecule has 0 bridgehead atoms. The number of alkyl carbamates (subject to hydrolysis) is 1. The van der Waals surface area contributed by atoms with Crippen molar-refractivity contribution in [2.45, 2.75) is 76.8 Å². The molecular formula is C24H36N2O5S. The van der Waals surface area contributed by atoms with E-state index in [1.54, 1.807) is 37.4 Å². The molecule has 0 unspecified atom stereocenters. The minimum Gasteiger partial charge on any atom is -0.464 e. The van der Waals surface area contributed by atoms with Gasteiger partial charge in [0.25, 0.3) is 0 Å². The van der Waals surface area contributed by atoms with E-state index < -0.39 is 23.8 Å². The molecule has 0 spiro atoms. The Bertz CT molecular complexity index is 751. The minimum atomic E-state index is -0.789. The highest BCUT2D eigenvalue weighted by Crippen LogP contribution is 2.22.